The van der Waals surface area contributed by atoms with E-state index in [9.17, 15) is 13.2 Å². The quantitative estimate of drug-likeness (QED) is 0.728. The summed E-state index contributed by atoms with van der Waals surface area (Å²) in [5.41, 5.74) is 3.09. The molecule has 2 N–H and O–H groups in total. The Bertz CT molecular complexity index is 859. The highest BCUT2D eigenvalue weighted by molar-refractivity contribution is 7.89. The first kappa shape index (κ1) is 21.1. The maximum Gasteiger partial charge on any atom is 0.241 e. The molecule has 0 saturated heterocycles. The van der Waals surface area contributed by atoms with Crippen LogP contribution < -0.4 is 10.0 Å². The SMILES string of the molecule is CC[C@H](C)[C@H](NS(=O)(=O)c1ccc(C)cc1)C(=O)NCc1ccc(C)cc1. The monoisotopic (exact) mass is 388 g/mol. The highest BCUT2D eigenvalue weighted by Gasteiger charge is 2.29. The molecule has 146 valence electrons. The van der Waals surface area contributed by atoms with Gasteiger partial charge in [0.05, 0.1) is 4.90 Å². The smallest absolute Gasteiger partial charge is 0.241 e. The molecule has 2 atom stereocenters. The van der Waals surface area contributed by atoms with E-state index in [1.807, 2.05) is 52.0 Å². The predicted molar refractivity (Wildman–Crippen MR) is 108 cm³/mol. The van der Waals surface area contributed by atoms with Crippen LogP contribution in [0.2, 0.25) is 0 Å². The van der Waals surface area contributed by atoms with Crippen molar-refractivity contribution in [2.75, 3.05) is 0 Å². The molecule has 2 rings (SSSR count). The minimum atomic E-state index is -3.78. The molecule has 0 saturated carbocycles. The zero-order valence-corrected chi connectivity index (χ0v) is 17.1. The average Bonchev–Trinajstić information content (AvgIpc) is 2.65. The van der Waals surface area contributed by atoms with Gasteiger partial charge in [-0.05, 0) is 37.5 Å². The van der Waals surface area contributed by atoms with Crippen LogP contribution in [0.25, 0.3) is 0 Å². The summed E-state index contributed by atoms with van der Waals surface area (Å²) < 4.78 is 28.0. The lowest BCUT2D eigenvalue weighted by Gasteiger charge is -2.23. The molecule has 0 aliphatic rings. The van der Waals surface area contributed by atoms with Crippen LogP contribution in [0.15, 0.2) is 53.4 Å². The third-order valence-corrected chi connectivity index (χ3v) is 6.15. The Morgan fingerprint density at radius 3 is 2.00 bits per heavy atom. The molecule has 0 fully saturated rings. The first-order valence-corrected chi connectivity index (χ1v) is 10.6. The van der Waals surface area contributed by atoms with Crippen LogP contribution in [-0.2, 0) is 21.4 Å². The average molecular weight is 389 g/mol. The van der Waals surface area contributed by atoms with Crippen LogP contribution in [0, 0.1) is 19.8 Å². The van der Waals surface area contributed by atoms with Crippen LogP contribution >= 0.6 is 0 Å². The minimum Gasteiger partial charge on any atom is -0.351 e. The van der Waals surface area contributed by atoms with E-state index in [1.165, 1.54) is 0 Å². The van der Waals surface area contributed by atoms with Crippen molar-refractivity contribution in [1.82, 2.24) is 10.0 Å². The van der Waals surface area contributed by atoms with Gasteiger partial charge >= 0.3 is 0 Å². The highest BCUT2D eigenvalue weighted by Crippen LogP contribution is 2.15. The van der Waals surface area contributed by atoms with Crippen molar-refractivity contribution < 1.29 is 13.2 Å². The number of nitrogens with one attached hydrogen (secondary N) is 2. The molecule has 0 aromatic heterocycles. The van der Waals surface area contributed by atoms with Crippen LogP contribution in [0.1, 0.15) is 37.0 Å². The Kier molecular flexibility index (Phi) is 7.16. The Morgan fingerprint density at radius 2 is 1.48 bits per heavy atom. The molecule has 27 heavy (non-hydrogen) atoms. The first-order valence-electron chi connectivity index (χ1n) is 9.15. The van der Waals surface area contributed by atoms with Crippen LogP contribution in [0.5, 0.6) is 0 Å². The van der Waals surface area contributed by atoms with Gasteiger partial charge in [-0.15, -0.1) is 0 Å². The van der Waals surface area contributed by atoms with Crippen molar-refractivity contribution in [3.05, 3.63) is 65.2 Å². The van der Waals surface area contributed by atoms with Gasteiger partial charge in [0.15, 0.2) is 0 Å². The Labute approximate surface area is 162 Å². The van der Waals surface area contributed by atoms with Crippen molar-refractivity contribution in [1.29, 1.82) is 0 Å². The lowest BCUT2D eigenvalue weighted by molar-refractivity contribution is -0.124. The van der Waals surface area contributed by atoms with E-state index in [0.29, 0.717) is 13.0 Å². The normalized spacial score (nSPS) is 13.8. The summed E-state index contributed by atoms with van der Waals surface area (Å²) in [4.78, 5) is 12.9. The third kappa shape index (κ3) is 5.91. The molecule has 0 spiro atoms. The Morgan fingerprint density at radius 1 is 0.963 bits per heavy atom. The summed E-state index contributed by atoms with van der Waals surface area (Å²) in [6.07, 6.45) is 0.680. The summed E-state index contributed by atoms with van der Waals surface area (Å²) in [6.45, 7) is 8.06. The van der Waals surface area contributed by atoms with Crippen molar-refractivity contribution in [2.24, 2.45) is 5.92 Å². The Hall–Kier alpha value is -2.18. The van der Waals surface area contributed by atoms with Crippen LogP contribution in [0.3, 0.4) is 0 Å². The van der Waals surface area contributed by atoms with Crippen LogP contribution in [0.4, 0.5) is 0 Å². The molecule has 1 amide bonds. The molecule has 2 aromatic rings. The molecule has 0 radical (unpaired) electrons. The standard InChI is InChI=1S/C21H28N2O3S/c1-5-17(4)20(21(24)22-14-18-10-6-15(2)7-11-18)23-27(25,26)19-12-8-16(3)9-13-19/h6-13,17,20,23H,5,14H2,1-4H3,(H,22,24)/t17-,20-/m0/s1. The van der Waals surface area contributed by atoms with E-state index in [4.69, 9.17) is 0 Å². The molecular weight excluding hydrogens is 360 g/mol. The summed E-state index contributed by atoms with van der Waals surface area (Å²) in [5.74, 6) is -0.455. The van der Waals surface area contributed by atoms with Crippen molar-refractivity contribution in [2.45, 2.75) is 51.6 Å². The summed E-state index contributed by atoms with van der Waals surface area (Å²) in [6, 6.07) is 13.6. The van der Waals surface area contributed by atoms with Crippen molar-refractivity contribution >= 4 is 15.9 Å². The summed E-state index contributed by atoms with van der Waals surface area (Å²) in [5, 5.41) is 2.85. The van der Waals surface area contributed by atoms with Gasteiger partial charge in [-0.1, -0.05) is 67.8 Å². The van der Waals surface area contributed by atoms with E-state index in [2.05, 4.69) is 10.0 Å². The maximum atomic E-state index is 12.7. The Balaban J connectivity index is 2.12. The molecule has 0 bridgehead atoms. The molecule has 0 heterocycles. The molecule has 6 heteroatoms. The highest BCUT2D eigenvalue weighted by atomic mass is 32.2. The van der Waals surface area contributed by atoms with E-state index >= 15 is 0 Å². The van der Waals surface area contributed by atoms with Gasteiger partial charge in [0.2, 0.25) is 15.9 Å². The van der Waals surface area contributed by atoms with E-state index in [1.54, 1.807) is 24.3 Å². The van der Waals surface area contributed by atoms with Gasteiger partial charge in [0.1, 0.15) is 6.04 Å². The van der Waals surface area contributed by atoms with Crippen LogP contribution in [-0.4, -0.2) is 20.4 Å². The van der Waals surface area contributed by atoms with E-state index < -0.39 is 16.1 Å². The fraction of sp³-hybridized carbons (Fsp3) is 0.381. The maximum absolute atomic E-state index is 12.7. The van der Waals surface area contributed by atoms with Gasteiger partial charge in [0, 0.05) is 6.54 Å². The number of benzene rings is 2. The molecule has 0 unspecified atom stereocenters. The summed E-state index contributed by atoms with van der Waals surface area (Å²) in [7, 11) is -3.78. The van der Waals surface area contributed by atoms with E-state index in [0.717, 1.165) is 16.7 Å². The zero-order chi connectivity index (χ0) is 20.0. The molecular formula is C21H28N2O3S. The number of sulfonamides is 1. The zero-order valence-electron chi connectivity index (χ0n) is 16.3. The van der Waals surface area contributed by atoms with Gasteiger partial charge in [-0.25, -0.2) is 8.42 Å². The lowest BCUT2D eigenvalue weighted by Crippen LogP contribution is -2.49. The fourth-order valence-corrected chi connectivity index (χ4v) is 3.93. The fourth-order valence-electron chi connectivity index (χ4n) is 2.62. The summed E-state index contributed by atoms with van der Waals surface area (Å²) >= 11 is 0. The number of hydrogen-bond donors (Lipinski definition) is 2. The topological polar surface area (TPSA) is 75.3 Å². The second-order valence-electron chi connectivity index (χ2n) is 7.00. The predicted octanol–water partition coefficient (Wildman–Crippen LogP) is 3.31. The van der Waals surface area contributed by atoms with Crippen molar-refractivity contribution in [3.8, 4) is 0 Å². The number of rotatable bonds is 8. The van der Waals surface area contributed by atoms with Crippen molar-refractivity contribution in [3.63, 3.8) is 0 Å². The number of carbonyl (C=O) groups is 1. The number of aryl methyl sites for hydroxylation is 2. The molecule has 0 aliphatic heterocycles. The van der Waals surface area contributed by atoms with Gasteiger partial charge in [-0.3, -0.25) is 4.79 Å². The van der Waals surface area contributed by atoms with E-state index in [-0.39, 0.29) is 16.7 Å². The molecule has 0 aliphatic carbocycles. The largest absolute Gasteiger partial charge is 0.351 e. The van der Waals surface area contributed by atoms with Gasteiger partial charge in [-0.2, -0.15) is 4.72 Å². The number of amides is 1. The number of hydrogen-bond acceptors (Lipinski definition) is 3. The lowest BCUT2D eigenvalue weighted by atomic mass is 9.99. The molecule has 2 aromatic carbocycles. The second-order valence-corrected chi connectivity index (χ2v) is 8.71. The van der Waals surface area contributed by atoms with Gasteiger partial charge in [0.25, 0.3) is 0 Å². The minimum absolute atomic E-state index is 0.136. The number of carbonyl (C=O) groups excluding carboxylic acids is 1. The first-order chi connectivity index (χ1) is 12.7. The molecule has 5 nitrogen and oxygen atoms in total. The van der Waals surface area contributed by atoms with Gasteiger partial charge < -0.3 is 5.32 Å². The third-order valence-electron chi connectivity index (χ3n) is 4.70. The second kappa shape index (κ2) is 9.15.